The first-order valence-corrected chi connectivity index (χ1v) is 27.4. The van der Waals surface area contributed by atoms with E-state index in [9.17, 15) is 11.1 Å². The van der Waals surface area contributed by atoms with Crippen molar-refractivity contribution in [3.8, 4) is 0 Å². The molecular weight excluding hydrogens is 856 g/mol. The summed E-state index contributed by atoms with van der Waals surface area (Å²) >= 11 is 9.54. The highest BCUT2D eigenvalue weighted by atomic mass is 35.6. The van der Waals surface area contributed by atoms with Crippen molar-refractivity contribution in [2.45, 2.75) is 80.1 Å². The van der Waals surface area contributed by atoms with Gasteiger partial charge in [-0.2, -0.15) is 0 Å². The second kappa shape index (κ2) is 20.8. The molecule has 9 aromatic carbocycles. The van der Waals surface area contributed by atoms with E-state index in [4.69, 9.17) is 0 Å². The summed E-state index contributed by atoms with van der Waals surface area (Å²) in [5, 5.41) is 4.03. The summed E-state index contributed by atoms with van der Waals surface area (Å²) in [6, 6.07) is 73.7. The lowest BCUT2D eigenvalue weighted by atomic mass is 9.91. The van der Waals surface area contributed by atoms with E-state index in [0.29, 0.717) is 0 Å². The van der Waals surface area contributed by atoms with Gasteiger partial charge in [-0.3, -0.25) is 0 Å². The van der Waals surface area contributed by atoms with E-state index in [-0.39, 0.29) is 0 Å². The fourth-order valence-corrected chi connectivity index (χ4v) is 17.9. The largest absolute Gasteiger partial charge is 0.249 e. The highest BCUT2D eigenvalue weighted by Crippen LogP contribution is 2.33. The lowest BCUT2D eigenvalue weighted by Gasteiger charge is -2.38. The molecule has 0 heterocycles. The topological polar surface area (TPSA) is 0 Å². The average molecular weight is 920 g/mol. The van der Waals surface area contributed by atoms with E-state index < -0.39 is 7.38 Å². The van der Waals surface area contributed by atoms with Crippen molar-refractivity contribution in [1.82, 2.24) is 0 Å². The molecule has 0 fully saturated rings. The Balaban J connectivity index is 1.41. The first-order valence-electron chi connectivity index (χ1n) is 24.4. The third-order valence-corrected chi connectivity index (χ3v) is 20.6. The first-order chi connectivity index (χ1) is 33.1. The number of rotatable bonds is 15. The Morgan fingerprint density at radius 3 is 0.618 bits per heavy atom. The van der Waals surface area contributed by atoms with Gasteiger partial charge in [-0.1, -0.05) is 200 Å². The van der Waals surface area contributed by atoms with Crippen molar-refractivity contribution in [2.75, 3.05) is 0 Å². The molecule has 0 aliphatic carbocycles. The zero-order chi connectivity index (χ0) is 47.2. The van der Waals surface area contributed by atoms with Crippen LogP contribution < -0.4 is 15.6 Å². The molecule has 9 rings (SSSR count). The van der Waals surface area contributed by atoms with Crippen LogP contribution in [0.25, 0.3) is 0 Å². The number of benzene rings is 9. The van der Waals surface area contributed by atoms with Crippen LogP contribution in [0.1, 0.15) is 100 Å². The zero-order valence-corrected chi connectivity index (χ0v) is 42.4. The molecule has 0 unspecified atom stereocenters. The van der Waals surface area contributed by atoms with Crippen molar-refractivity contribution in [1.29, 1.82) is 0 Å². The SMILES string of the molecule is Cc1c(Cc2ccccc2)cc(Cc2ccccc2)c([Si](Cl)(c2c(Cc3ccccc3)cc(Cc3ccccc3)c(C)c2C)c2c(Cc3ccccc3)cc(Cc3ccccc3)c(C)c2C)c1C. The van der Waals surface area contributed by atoms with Gasteiger partial charge >= 0.3 is 0 Å². The molecule has 0 aliphatic heterocycles. The normalized spacial score (nSPS) is 11.5. The van der Waals surface area contributed by atoms with Gasteiger partial charge in [-0.15, -0.1) is 11.1 Å². The van der Waals surface area contributed by atoms with Gasteiger partial charge < -0.3 is 0 Å². The van der Waals surface area contributed by atoms with Gasteiger partial charge in [0, 0.05) is 0 Å². The summed E-state index contributed by atoms with van der Waals surface area (Å²) in [4.78, 5) is 0. The van der Waals surface area contributed by atoms with Gasteiger partial charge in [0.2, 0.25) is 7.38 Å². The van der Waals surface area contributed by atoms with Crippen molar-refractivity contribution < 1.29 is 0 Å². The quantitative estimate of drug-likeness (QED) is 0.0546. The summed E-state index contributed by atoms with van der Waals surface area (Å²) < 4.78 is 0. The summed E-state index contributed by atoms with van der Waals surface area (Å²) in [5.74, 6) is 0. The monoisotopic (exact) mass is 918 g/mol. The molecule has 0 nitrogen and oxygen atoms in total. The number of halogens is 1. The Labute approximate surface area is 412 Å². The van der Waals surface area contributed by atoms with Crippen molar-refractivity contribution in [3.05, 3.63) is 300 Å². The standard InChI is InChI=1S/C66H63ClSi/c1-46-49(4)64(61(40-55-31-19-10-20-32-55)43-58(46)37-52-25-13-7-14-26-52)68(67,65-50(5)47(2)59(38-53-27-15-8-16-28-53)44-62(65)41-56-33-21-11-22-34-56)66-51(6)48(3)60(39-54-29-17-9-18-30-54)45-63(66)42-57-35-23-12-24-36-57/h7-36,43-45H,37-42H2,1-6H3. The Bertz CT molecular complexity index is 2800. The van der Waals surface area contributed by atoms with Gasteiger partial charge in [-0.05, 0) is 196 Å². The van der Waals surface area contributed by atoms with Crippen LogP contribution >= 0.6 is 11.1 Å². The molecule has 0 amide bonds. The van der Waals surface area contributed by atoms with Gasteiger partial charge in [0.25, 0.3) is 0 Å². The summed E-state index contributed by atoms with van der Waals surface area (Å²) in [6.07, 6.45) is 4.96. The summed E-state index contributed by atoms with van der Waals surface area (Å²) in [5.41, 5.74) is 23.9. The lowest BCUT2D eigenvalue weighted by Crippen LogP contribution is -2.68. The van der Waals surface area contributed by atoms with Gasteiger partial charge in [0.1, 0.15) is 0 Å². The molecule has 0 N–H and O–H groups in total. The lowest BCUT2D eigenvalue weighted by molar-refractivity contribution is 1.09. The maximum Gasteiger partial charge on any atom is 0.249 e. The highest BCUT2D eigenvalue weighted by Gasteiger charge is 2.47. The van der Waals surface area contributed by atoms with Crippen LogP contribution in [0.2, 0.25) is 0 Å². The molecule has 68 heavy (non-hydrogen) atoms. The minimum absolute atomic E-state index is 0.789. The Morgan fingerprint density at radius 2 is 0.426 bits per heavy atom. The van der Waals surface area contributed by atoms with Crippen LogP contribution in [0.5, 0.6) is 0 Å². The predicted molar refractivity (Wildman–Crippen MR) is 294 cm³/mol. The smallest absolute Gasteiger partial charge is 0.149 e. The molecule has 9 aromatic rings. The van der Waals surface area contributed by atoms with Gasteiger partial charge in [-0.25, -0.2) is 0 Å². The highest BCUT2D eigenvalue weighted by molar-refractivity contribution is 7.41. The van der Waals surface area contributed by atoms with Gasteiger partial charge in [0.05, 0.1) is 0 Å². The fourth-order valence-electron chi connectivity index (χ4n) is 10.9. The van der Waals surface area contributed by atoms with E-state index in [1.54, 1.807) is 0 Å². The third-order valence-electron chi connectivity index (χ3n) is 14.7. The molecule has 0 aromatic heterocycles. The van der Waals surface area contributed by atoms with Crippen LogP contribution in [0.3, 0.4) is 0 Å². The van der Waals surface area contributed by atoms with Gasteiger partial charge in [0.15, 0.2) is 0 Å². The molecule has 2 heteroatoms. The molecule has 338 valence electrons. The van der Waals surface area contributed by atoms with Crippen LogP contribution in [0.15, 0.2) is 200 Å². The van der Waals surface area contributed by atoms with Crippen LogP contribution in [0, 0.1) is 41.5 Å². The fraction of sp³-hybridized carbons (Fsp3) is 0.182. The Hall–Kier alpha value is -6.51. The second-order valence-electron chi connectivity index (χ2n) is 19.1. The molecule has 0 saturated carbocycles. The predicted octanol–water partition coefficient (Wildman–Crippen LogP) is 14.3. The zero-order valence-electron chi connectivity index (χ0n) is 40.7. The molecule has 0 spiro atoms. The van der Waals surface area contributed by atoms with Crippen molar-refractivity contribution >= 4 is 34.0 Å². The van der Waals surface area contributed by atoms with E-state index >= 15 is 0 Å². The molecule has 0 radical (unpaired) electrons. The van der Waals surface area contributed by atoms with E-state index in [2.05, 4.69) is 242 Å². The number of hydrogen-bond acceptors (Lipinski definition) is 0. The molecule has 0 saturated heterocycles. The van der Waals surface area contributed by atoms with E-state index in [1.807, 2.05) is 0 Å². The number of hydrogen-bond donors (Lipinski definition) is 0. The molecular formula is C66H63ClSi. The maximum atomic E-state index is 9.54. The summed E-state index contributed by atoms with van der Waals surface area (Å²) in [7, 11) is -3.57. The molecule has 0 aliphatic rings. The second-order valence-corrected chi connectivity index (χ2v) is 23.6. The maximum absolute atomic E-state index is 9.54. The van der Waals surface area contributed by atoms with Crippen molar-refractivity contribution in [2.24, 2.45) is 0 Å². The van der Waals surface area contributed by atoms with E-state index in [1.165, 1.54) is 116 Å². The van der Waals surface area contributed by atoms with E-state index in [0.717, 1.165) is 38.5 Å². The van der Waals surface area contributed by atoms with Crippen LogP contribution in [-0.4, -0.2) is 7.38 Å². The Morgan fingerprint density at radius 1 is 0.250 bits per heavy atom. The summed E-state index contributed by atoms with van der Waals surface area (Å²) in [6.45, 7) is 14.2. The van der Waals surface area contributed by atoms with Crippen LogP contribution in [-0.2, 0) is 38.5 Å². The minimum Gasteiger partial charge on any atom is -0.149 e. The minimum atomic E-state index is -3.57. The van der Waals surface area contributed by atoms with Crippen LogP contribution in [0.4, 0.5) is 0 Å². The first kappa shape index (κ1) is 46.6. The average Bonchev–Trinajstić information content (AvgIpc) is 3.36. The third kappa shape index (κ3) is 9.88. The van der Waals surface area contributed by atoms with Crippen molar-refractivity contribution in [3.63, 3.8) is 0 Å². The molecule has 0 atom stereocenters. The molecule has 0 bridgehead atoms. The Kier molecular flexibility index (Phi) is 14.2.